The van der Waals surface area contributed by atoms with Crippen molar-refractivity contribution in [1.82, 2.24) is 10.1 Å². The first kappa shape index (κ1) is 12.0. The maximum Gasteiger partial charge on any atom is 0.177 e. The average molecular weight is 283 g/mol. The molecule has 1 aliphatic carbocycles. The van der Waals surface area contributed by atoms with Crippen LogP contribution in [0.15, 0.2) is 22.7 Å². The summed E-state index contributed by atoms with van der Waals surface area (Å²) in [4.78, 5) is 2.56. The van der Waals surface area contributed by atoms with Crippen LogP contribution in [-0.2, 0) is 0 Å². The second-order valence-electron chi connectivity index (χ2n) is 6.95. The van der Waals surface area contributed by atoms with Gasteiger partial charge in [0.15, 0.2) is 11.4 Å². The fraction of sp³-hybridized carbons (Fsp3) is 0.588. The number of nitrogens with zero attached hydrogens (tertiary/aromatic N) is 2. The second-order valence-corrected chi connectivity index (χ2v) is 6.95. The molecular weight excluding hydrogens is 262 g/mol. The molecular formula is C17H21N3O. The van der Waals surface area contributed by atoms with Crippen LogP contribution in [0, 0.1) is 5.92 Å². The van der Waals surface area contributed by atoms with Crippen LogP contribution in [0.2, 0.25) is 0 Å². The largest absolute Gasteiger partial charge is 0.362 e. The van der Waals surface area contributed by atoms with E-state index in [-0.39, 0.29) is 0 Å². The van der Waals surface area contributed by atoms with E-state index in [4.69, 9.17) is 4.52 Å². The highest BCUT2D eigenvalue weighted by Gasteiger charge is 2.34. The molecule has 0 spiro atoms. The molecule has 21 heavy (non-hydrogen) atoms. The number of benzene rings is 1. The lowest BCUT2D eigenvalue weighted by molar-refractivity contribution is 0.0973. The quantitative estimate of drug-likeness (QED) is 0.939. The molecule has 0 amide bonds. The molecule has 1 aromatic heterocycles. The minimum Gasteiger partial charge on any atom is -0.362 e. The van der Waals surface area contributed by atoms with Gasteiger partial charge in [-0.15, -0.1) is 0 Å². The topological polar surface area (TPSA) is 41.3 Å². The Morgan fingerprint density at radius 2 is 2.00 bits per heavy atom. The Bertz CT molecular complexity index is 668. The van der Waals surface area contributed by atoms with Gasteiger partial charge in [0.05, 0.1) is 5.39 Å². The number of fused-ring (bicyclic) bond motifs is 4. The molecule has 6 rings (SSSR count). The Morgan fingerprint density at radius 1 is 1.14 bits per heavy atom. The summed E-state index contributed by atoms with van der Waals surface area (Å²) in [7, 11) is 0. The number of piperidine rings is 3. The molecule has 3 aliphatic heterocycles. The molecule has 4 aliphatic rings. The Hall–Kier alpha value is -1.55. The zero-order chi connectivity index (χ0) is 13.8. The van der Waals surface area contributed by atoms with Gasteiger partial charge in [0.25, 0.3) is 0 Å². The van der Waals surface area contributed by atoms with Gasteiger partial charge in [0.1, 0.15) is 0 Å². The van der Waals surface area contributed by atoms with E-state index in [1.165, 1.54) is 44.3 Å². The normalized spacial score (nSPS) is 31.7. The van der Waals surface area contributed by atoms with Gasteiger partial charge in [0, 0.05) is 12.6 Å². The molecule has 0 unspecified atom stereocenters. The molecule has 1 saturated carbocycles. The molecule has 0 radical (unpaired) electrons. The van der Waals surface area contributed by atoms with Crippen molar-refractivity contribution < 1.29 is 4.52 Å². The molecule has 1 aromatic carbocycles. The van der Waals surface area contributed by atoms with Crippen molar-refractivity contribution in [2.24, 2.45) is 5.92 Å². The average Bonchev–Trinajstić information content (AvgIpc) is 3.31. The summed E-state index contributed by atoms with van der Waals surface area (Å²) in [5.41, 5.74) is 2.34. The Balaban J connectivity index is 1.42. The van der Waals surface area contributed by atoms with E-state index in [0.717, 1.165) is 35.2 Å². The summed E-state index contributed by atoms with van der Waals surface area (Å²) >= 11 is 0. The standard InChI is InChI=1S/C17H21N3O/c1-2-11(1)13-3-4-14-16(9-13)21-19-17(14)18-15-10-20-7-5-12(15)6-8-20/h3-4,9,11-12,15H,1-2,5-8,10H2,(H,18,19)/t15-/m0/s1. The van der Waals surface area contributed by atoms with E-state index in [1.807, 2.05) is 0 Å². The summed E-state index contributed by atoms with van der Waals surface area (Å²) in [5.74, 6) is 2.50. The van der Waals surface area contributed by atoms with Gasteiger partial charge in [-0.3, -0.25) is 0 Å². The van der Waals surface area contributed by atoms with Gasteiger partial charge in [-0.2, -0.15) is 0 Å². The van der Waals surface area contributed by atoms with Gasteiger partial charge in [-0.05, 0) is 68.3 Å². The zero-order valence-corrected chi connectivity index (χ0v) is 12.2. The van der Waals surface area contributed by atoms with Crippen LogP contribution in [0.1, 0.15) is 37.2 Å². The first-order valence-electron chi connectivity index (χ1n) is 8.25. The fourth-order valence-corrected chi connectivity index (χ4v) is 4.03. The van der Waals surface area contributed by atoms with Gasteiger partial charge in [-0.25, -0.2) is 0 Å². The second kappa shape index (κ2) is 4.47. The number of hydrogen-bond donors (Lipinski definition) is 1. The molecule has 1 N–H and O–H groups in total. The maximum atomic E-state index is 5.56. The van der Waals surface area contributed by atoms with E-state index in [1.54, 1.807) is 0 Å². The van der Waals surface area contributed by atoms with Crippen molar-refractivity contribution in [1.29, 1.82) is 0 Å². The molecule has 2 bridgehead atoms. The Labute approximate surface area is 124 Å². The Morgan fingerprint density at radius 3 is 2.71 bits per heavy atom. The van der Waals surface area contributed by atoms with E-state index in [0.29, 0.717) is 6.04 Å². The smallest absolute Gasteiger partial charge is 0.177 e. The SMILES string of the molecule is c1cc2c(N[C@H]3CN4CCC3CC4)noc2cc1C1CC1. The third-order valence-corrected chi connectivity index (χ3v) is 5.52. The van der Waals surface area contributed by atoms with E-state index in [9.17, 15) is 0 Å². The minimum absolute atomic E-state index is 0.531. The third-order valence-electron chi connectivity index (χ3n) is 5.52. The monoisotopic (exact) mass is 283 g/mol. The maximum absolute atomic E-state index is 5.56. The Kier molecular flexibility index (Phi) is 2.56. The number of rotatable bonds is 3. The van der Waals surface area contributed by atoms with Crippen molar-refractivity contribution in [3.63, 3.8) is 0 Å². The highest BCUT2D eigenvalue weighted by atomic mass is 16.5. The van der Waals surface area contributed by atoms with Crippen LogP contribution in [0.3, 0.4) is 0 Å². The first-order valence-corrected chi connectivity index (χ1v) is 8.25. The van der Waals surface area contributed by atoms with Crippen LogP contribution >= 0.6 is 0 Å². The van der Waals surface area contributed by atoms with Crippen molar-refractivity contribution >= 4 is 16.8 Å². The summed E-state index contributed by atoms with van der Waals surface area (Å²) in [6, 6.07) is 7.15. The number of nitrogens with one attached hydrogen (secondary N) is 1. The van der Waals surface area contributed by atoms with E-state index < -0.39 is 0 Å². The van der Waals surface area contributed by atoms with Gasteiger partial charge < -0.3 is 14.7 Å². The van der Waals surface area contributed by atoms with Crippen molar-refractivity contribution in [3.8, 4) is 0 Å². The van der Waals surface area contributed by atoms with Crippen LogP contribution in [0.4, 0.5) is 5.82 Å². The van der Waals surface area contributed by atoms with Gasteiger partial charge in [-0.1, -0.05) is 11.2 Å². The molecule has 110 valence electrons. The van der Waals surface area contributed by atoms with Crippen molar-refractivity contribution in [2.75, 3.05) is 25.0 Å². The lowest BCUT2D eigenvalue weighted by Gasteiger charge is -2.44. The van der Waals surface area contributed by atoms with Gasteiger partial charge >= 0.3 is 0 Å². The summed E-state index contributed by atoms with van der Waals surface area (Å²) in [6.45, 7) is 3.69. The predicted octanol–water partition coefficient (Wildman–Crippen LogP) is 3.21. The molecule has 4 fully saturated rings. The third kappa shape index (κ3) is 2.04. The summed E-state index contributed by atoms with van der Waals surface area (Å²) < 4.78 is 5.56. The van der Waals surface area contributed by atoms with Crippen LogP contribution in [0.5, 0.6) is 0 Å². The molecule has 4 heterocycles. The predicted molar refractivity (Wildman–Crippen MR) is 82.6 cm³/mol. The molecule has 3 saturated heterocycles. The molecule has 4 heteroatoms. The summed E-state index contributed by atoms with van der Waals surface area (Å²) in [5, 5.41) is 9.08. The molecule has 4 nitrogen and oxygen atoms in total. The van der Waals surface area contributed by atoms with Crippen LogP contribution < -0.4 is 5.32 Å². The van der Waals surface area contributed by atoms with Crippen molar-refractivity contribution in [2.45, 2.75) is 37.6 Å². The minimum atomic E-state index is 0.531. The fourth-order valence-electron chi connectivity index (χ4n) is 4.03. The van der Waals surface area contributed by atoms with Crippen LogP contribution in [0.25, 0.3) is 11.0 Å². The van der Waals surface area contributed by atoms with E-state index in [2.05, 4.69) is 33.6 Å². The molecule has 1 atom stereocenters. The van der Waals surface area contributed by atoms with E-state index >= 15 is 0 Å². The number of anilines is 1. The number of hydrogen-bond acceptors (Lipinski definition) is 4. The first-order chi connectivity index (χ1) is 10.4. The lowest BCUT2D eigenvalue weighted by atomic mass is 9.84. The van der Waals surface area contributed by atoms with Crippen LogP contribution in [-0.4, -0.2) is 35.7 Å². The highest BCUT2D eigenvalue weighted by Crippen LogP contribution is 2.41. The van der Waals surface area contributed by atoms with Gasteiger partial charge in [0.2, 0.25) is 0 Å². The summed E-state index contributed by atoms with van der Waals surface area (Å²) in [6.07, 6.45) is 5.28. The number of aromatic nitrogens is 1. The van der Waals surface area contributed by atoms with Crippen molar-refractivity contribution in [3.05, 3.63) is 23.8 Å². The highest BCUT2D eigenvalue weighted by molar-refractivity contribution is 5.88. The molecule has 2 aromatic rings. The zero-order valence-electron chi connectivity index (χ0n) is 12.2. The lowest BCUT2D eigenvalue weighted by Crippen LogP contribution is -2.53.